The number of hydrogen-bond donors (Lipinski definition) is 1. The van der Waals surface area contributed by atoms with E-state index >= 15 is 0 Å². The minimum absolute atomic E-state index is 0.148. The lowest BCUT2D eigenvalue weighted by atomic mass is 10.0. The number of nitrogens with zero attached hydrogens (tertiary/aromatic N) is 2. The minimum Gasteiger partial charge on any atom is -0.477 e. The van der Waals surface area contributed by atoms with Gasteiger partial charge in [-0.1, -0.05) is 17.7 Å². The predicted octanol–water partition coefficient (Wildman–Crippen LogP) is 5.78. The van der Waals surface area contributed by atoms with E-state index in [9.17, 15) is 18.0 Å². The minimum atomic E-state index is -4.63. The molecule has 0 aliphatic carbocycles. The molecule has 0 radical (unpaired) electrons. The number of rotatable bonds is 5. The van der Waals surface area contributed by atoms with Gasteiger partial charge in [-0.25, -0.2) is 4.98 Å². The zero-order valence-electron chi connectivity index (χ0n) is 16.0. The molecule has 1 amide bonds. The molecule has 0 saturated carbocycles. The molecule has 156 valence electrons. The molecule has 9 heteroatoms. The van der Waals surface area contributed by atoms with Gasteiger partial charge < -0.3 is 10.1 Å². The molecular weight excluding hydrogens is 419 g/mol. The van der Waals surface area contributed by atoms with Crippen molar-refractivity contribution in [1.82, 2.24) is 9.97 Å². The maximum atomic E-state index is 12.8. The zero-order chi connectivity index (χ0) is 21.9. The van der Waals surface area contributed by atoms with Gasteiger partial charge in [0.05, 0.1) is 6.61 Å². The van der Waals surface area contributed by atoms with Crippen LogP contribution in [0.2, 0.25) is 5.02 Å². The first-order valence-corrected chi connectivity index (χ1v) is 9.30. The number of benzene rings is 1. The van der Waals surface area contributed by atoms with Gasteiger partial charge in [-0.2, -0.15) is 13.2 Å². The Labute approximate surface area is 175 Å². The highest BCUT2D eigenvalue weighted by molar-refractivity contribution is 6.32. The van der Waals surface area contributed by atoms with Gasteiger partial charge in [-0.15, -0.1) is 0 Å². The number of ether oxygens (including phenoxy) is 1. The molecule has 5 nitrogen and oxygen atoms in total. The Morgan fingerprint density at radius 2 is 1.93 bits per heavy atom. The topological polar surface area (TPSA) is 64.1 Å². The van der Waals surface area contributed by atoms with E-state index in [0.717, 1.165) is 17.3 Å². The molecule has 1 aromatic carbocycles. The van der Waals surface area contributed by atoms with E-state index in [1.807, 2.05) is 13.8 Å². The Kier molecular flexibility index (Phi) is 6.26. The molecule has 2 heterocycles. The van der Waals surface area contributed by atoms with Crippen LogP contribution in [0.25, 0.3) is 11.1 Å². The molecule has 0 fully saturated rings. The molecule has 0 bridgehead atoms. The Bertz CT molecular complexity index is 1090. The van der Waals surface area contributed by atoms with Crippen LogP contribution in [-0.4, -0.2) is 22.5 Å². The Morgan fingerprint density at radius 1 is 1.17 bits per heavy atom. The van der Waals surface area contributed by atoms with Crippen molar-refractivity contribution in [3.63, 3.8) is 0 Å². The summed E-state index contributed by atoms with van der Waals surface area (Å²) in [5, 5.41) is 2.96. The summed E-state index contributed by atoms with van der Waals surface area (Å²) < 4.78 is 43.8. The molecule has 0 aliphatic rings. The van der Waals surface area contributed by atoms with Crippen molar-refractivity contribution in [3.05, 3.63) is 70.6 Å². The summed E-state index contributed by atoms with van der Waals surface area (Å²) in [6, 6.07) is 8.77. The first-order valence-electron chi connectivity index (χ1n) is 8.93. The average Bonchev–Trinajstić information content (AvgIpc) is 2.70. The fourth-order valence-corrected chi connectivity index (χ4v) is 2.98. The lowest BCUT2D eigenvalue weighted by molar-refractivity contribution is -0.141. The highest BCUT2D eigenvalue weighted by Crippen LogP contribution is 2.32. The molecule has 0 atom stereocenters. The molecule has 0 unspecified atom stereocenters. The smallest absolute Gasteiger partial charge is 0.433 e. The van der Waals surface area contributed by atoms with Crippen molar-refractivity contribution in [2.45, 2.75) is 20.0 Å². The van der Waals surface area contributed by atoms with Crippen molar-refractivity contribution in [2.75, 3.05) is 11.9 Å². The molecule has 2 aromatic heterocycles. The Hall–Kier alpha value is -3.13. The second-order valence-corrected chi connectivity index (χ2v) is 6.76. The second kappa shape index (κ2) is 8.71. The fourth-order valence-electron chi connectivity index (χ4n) is 2.76. The molecule has 1 N–H and O–H groups in total. The molecule has 3 aromatic rings. The SMILES string of the molecule is CCOc1ncc(-c2cc(NC(=O)c3ccnc(C(F)(F)F)c3)ccc2C)cc1Cl. The number of carbonyl (C=O) groups is 1. The molecule has 3 rings (SSSR count). The number of alkyl halides is 3. The largest absolute Gasteiger partial charge is 0.477 e. The quantitative estimate of drug-likeness (QED) is 0.552. The summed E-state index contributed by atoms with van der Waals surface area (Å²) in [4.78, 5) is 19.9. The molecule has 0 aliphatic heterocycles. The third-order valence-corrected chi connectivity index (χ3v) is 4.48. The van der Waals surface area contributed by atoms with Crippen molar-refractivity contribution in [3.8, 4) is 17.0 Å². The summed E-state index contributed by atoms with van der Waals surface area (Å²) in [5.74, 6) is -0.358. The number of anilines is 1. The lowest BCUT2D eigenvalue weighted by Gasteiger charge is -2.12. The van der Waals surface area contributed by atoms with Crippen molar-refractivity contribution >= 4 is 23.2 Å². The molecular formula is C21H17ClF3N3O2. The number of halogens is 4. The third-order valence-electron chi connectivity index (χ3n) is 4.21. The molecule has 0 spiro atoms. The van der Waals surface area contributed by atoms with E-state index in [-0.39, 0.29) is 5.56 Å². The summed E-state index contributed by atoms with van der Waals surface area (Å²) in [7, 11) is 0. The van der Waals surface area contributed by atoms with Gasteiger partial charge >= 0.3 is 6.18 Å². The average molecular weight is 436 g/mol. The van der Waals surface area contributed by atoms with Crippen molar-refractivity contribution in [2.24, 2.45) is 0 Å². The van der Waals surface area contributed by atoms with Crippen molar-refractivity contribution in [1.29, 1.82) is 0 Å². The standard InChI is InChI=1S/C21H17ClF3N3O2/c1-3-30-20-17(22)8-14(11-27-20)16-10-15(5-4-12(16)2)28-19(29)13-6-7-26-18(9-13)21(23,24)25/h4-11H,3H2,1-2H3,(H,28,29). The summed E-state index contributed by atoms with van der Waals surface area (Å²) in [6.45, 7) is 4.13. The number of aryl methyl sites for hydroxylation is 1. The van der Waals surface area contributed by atoms with Gasteiger partial charge in [0, 0.05) is 29.2 Å². The van der Waals surface area contributed by atoms with Gasteiger partial charge in [-0.05, 0) is 55.3 Å². The normalized spacial score (nSPS) is 11.3. The van der Waals surface area contributed by atoms with Gasteiger partial charge in [0.25, 0.3) is 5.91 Å². The van der Waals surface area contributed by atoms with Gasteiger partial charge in [0.15, 0.2) is 0 Å². The van der Waals surface area contributed by atoms with E-state index in [1.54, 1.807) is 30.5 Å². The zero-order valence-corrected chi connectivity index (χ0v) is 16.8. The number of hydrogen-bond acceptors (Lipinski definition) is 4. The maximum Gasteiger partial charge on any atom is 0.433 e. The van der Waals surface area contributed by atoms with Gasteiger partial charge in [-0.3, -0.25) is 9.78 Å². The van der Waals surface area contributed by atoms with Crippen molar-refractivity contribution < 1.29 is 22.7 Å². The maximum absolute atomic E-state index is 12.8. The van der Waals surface area contributed by atoms with E-state index < -0.39 is 17.8 Å². The summed E-state index contributed by atoms with van der Waals surface area (Å²) in [6.07, 6.45) is -2.08. The number of aromatic nitrogens is 2. The van der Waals surface area contributed by atoms with Crippen LogP contribution in [0, 0.1) is 6.92 Å². The lowest BCUT2D eigenvalue weighted by Crippen LogP contribution is -2.15. The monoisotopic (exact) mass is 435 g/mol. The van der Waals surface area contributed by atoms with Crippen LogP contribution >= 0.6 is 11.6 Å². The number of carbonyl (C=O) groups excluding carboxylic acids is 1. The van der Waals surface area contributed by atoms with Gasteiger partial charge in [0.1, 0.15) is 10.7 Å². The predicted molar refractivity (Wildman–Crippen MR) is 108 cm³/mol. The molecule has 0 saturated heterocycles. The third kappa shape index (κ3) is 4.88. The van der Waals surface area contributed by atoms with E-state index in [2.05, 4.69) is 15.3 Å². The van der Waals surface area contributed by atoms with Crippen LogP contribution in [0.1, 0.15) is 28.5 Å². The van der Waals surface area contributed by atoms with E-state index in [4.69, 9.17) is 16.3 Å². The number of amides is 1. The Balaban J connectivity index is 1.87. The first-order chi connectivity index (χ1) is 14.2. The van der Waals surface area contributed by atoms with Crippen LogP contribution in [0.4, 0.5) is 18.9 Å². The summed E-state index contributed by atoms with van der Waals surface area (Å²) >= 11 is 6.21. The fraction of sp³-hybridized carbons (Fsp3) is 0.190. The highest BCUT2D eigenvalue weighted by Gasteiger charge is 2.33. The molecule has 30 heavy (non-hydrogen) atoms. The van der Waals surface area contributed by atoms with E-state index in [0.29, 0.717) is 34.8 Å². The highest BCUT2D eigenvalue weighted by atomic mass is 35.5. The van der Waals surface area contributed by atoms with Crippen LogP contribution < -0.4 is 10.1 Å². The first kappa shape index (κ1) is 21.6. The Morgan fingerprint density at radius 3 is 2.60 bits per heavy atom. The van der Waals surface area contributed by atoms with Crippen LogP contribution in [-0.2, 0) is 6.18 Å². The van der Waals surface area contributed by atoms with Crippen LogP contribution in [0.15, 0.2) is 48.8 Å². The summed E-state index contributed by atoms with van der Waals surface area (Å²) in [5.41, 5.74) is 1.51. The van der Waals surface area contributed by atoms with Crippen LogP contribution in [0.3, 0.4) is 0 Å². The van der Waals surface area contributed by atoms with E-state index in [1.165, 1.54) is 6.07 Å². The van der Waals surface area contributed by atoms with Gasteiger partial charge in [0.2, 0.25) is 5.88 Å². The second-order valence-electron chi connectivity index (χ2n) is 6.36. The number of nitrogens with one attached hydrogen (secondary N) is 1. The number of pyridine rings is 2. The van der Waals surface area contributed by atoms with Crippen LogP contribution in [0.5, 0.6) is 5.88 Å².